The van der Waals surface area contributed by atoms with Crippen molar-refractivity contribution in [2.24, 2.45) is 0 Å². The number of carbonyl (C=O) groups is 1. The third kappa shape index (κ3) is 4.40. The minimum Gasteiger partial charge on any atom is -0.462 e. The van der Waals surface area contributed by atoms with E-state index in [1.807, 2.05) is 13.2 Å². The van der Waals surface area contributed by atoms with Gasteiger partial charge in [-0.1, -0.05) is 39.7 Å². The highest BCUT2D eigenvalue weighted by Gasteiger charge is 2.32. The van der Waals surface area contributed by atoms with Crippen LogP contribution in [0.2, 0.25) is 5.02 Å². The Balaban J connectivity index is 2.26. The van der Waals surface area contributed by atoms with Gasteiger partial charge in [-0.25, -0.2) is 0 Å². The van der Waals surface area contributed by atoms with E-state index < -0.39 is 0 Å². The van der Waals surface area contributed by atoms with Crippen molar-refractivity contribution in [3.05, 3.63) is 33.8 Å². The summed E-state index contributed by atoms with van der Waals surface area (Å²) in [4.78, 5) is 11.3. The van der Waals surface area contributed by atoms with Crippen LogP contribution in [0, 0.1) is 6.92 Å². The average molecular weight is 408 g/mol. The van der Waals surface area contributed by atoms with Crippen LogP contribution < -0.4 is 0 Å². The summed E-state index contributed by atoms with van der Waals surface area (Å²) in [6, 6.07) is 4.13. The fourth-order valence-electron chi connectivity index (χ4n) is 2.70. The molecule has 1 aromatic carbocycles. The number of aryl methyl sites for hydroxylation is 1. The number of halogens is 2. The summed E-state index contributed by atoms with van der Waals surface area (Å²) >= 11 is 11.4. The van der Waals surface area contributed by atoms with Crippen LogP contribution in [-0.2, 0) is 19.6 Å². The molecule has 1 fully saturated rings. The Bertz CT molecular complexity index is 552. The van der Waals surface area contributed by atoms with Crippen LogP contribution in [0.5, 0.6) is 0 Å². The van der Waals surface area contributed by atoms with Crippen LogP contribution in [0.15, 0.2) is 12.1 Å². The van der Waals surface area contributed by atoms with E-state index in [-0.39, 0.29) is 23.6 Å². The predicted octanol–water partition coefficient (Wildman–Crippen LogP) is 5.02. The second kappa shape index (κ2) is 8.04. The standard InChI is InChI=1S/C16H20BrClO3S/c1-9-4-11(5-12(8-17)16(9)18)14-6-13(20-10(2)19)7-15(21-14)22-3/h4-5,13-15H,6-8H2,1-3H3. The van der Waals surface area contributed by atoms with E-state index in [1.54, 1.807) is 11.8 Å². The van der Waals surface area contributed by atoms with Crippen LogP contribution in [-0.4, -0.2) is 23.8 Å². The molecule has 0 amide bonds. The number of carbonyl (C=O) groups excluding carboxylic acids is 1. The first-order valence-electron chi connectivity index (χ1n) is 7.15. The smallest absolute Gasteiger partial charge is 0.302 e. The number of hydrogen-bond donors (Lipinski definition) is 0. The van der Waals surface area contributed by atoms with Crippen LogP contribution in [0.3, 0.4) is 0 Å². The summed E-state index contributed by atoms with van der Waals surface area (Å²) in [6.07, 6.45) is 3.24. The average Bonchev–Trinajstić information content (AvgIpc) is 2.48. The Morgan fingerprint density at radius 2 is 2.23 bits per heavy atom. The summed E-state index contributed by atoms with van der Waals surface area (Å²) < 4.78 is 11.6. The maximum atomic E-state index is 11.3. The minimum absolute atomic E-state index is 0.0338. The highest BCUT2D eigenvalue weighted by molar-refractivity contribution is 9.08. The first kappa shape index (κ1) is 18.1. The summed E-state index contributed by atoms with van der Waals surface area (Å²) in [5.41, 5.74) is 3.21. The summed E-state index contributed by atoms with van der Waals surface area (Å²) in [6.45, 7) is 3.45. The molecule has 0 saturated carbocycles. The third-order valence-corrected chi connectivity index (χ3v) is 5.69. The van der Waals surface area contributed by atoms with Crippen molar-refractivity contribution >= 4 is 45.3 Å². The van der Waals surface area contributed by atoms with Gasteiger partial charge in [0.2, 0.25) is 0 Å². The van der Waals surface area contributed by atoms with Gasteiger partial charge in [-0.15, -0.1) is 11.8 Å². The summed E-state index contributed by atoms with van der Waals surface area (Å²) in [5.74, 6) is -0.237. The zero-order chi connectivity index (χ0) is 16.3. The topological polar surface area (TPSA) is 35.5 Å². The number of alkyl halides is 1. The quantitative estimate of drug-likeness (QED) is 0.519. The highest BCUT2D eigenvalue weighted by Crippen LogP contribution is 2.38. The predicted molar refractivity (Wildman–Crippen MR) is 94.7 cm³/mol. The molecule has 1 aliphatic heterocycles. The molecule has 3 nitrogen and oxygen atoms in total. The van der Waals surface area contributed by atoms with Crippen molar-refractivity contribution < 1.29 is 14.3 Å². The molecular weight excluding hydrogens is 388 g/mol. The van der Waals surface area contributed by atoms with Gasteiger partial charge >= 0.3 is 5.97 Å². The van der Waals surface area contributed by atoms with E-state index >= 15 is 0 Å². The molecule has 2 rings (SSSR count). The molecule has 0 bridgehead atoms. The number of ether oxygens (including phenoxy) is 2. The van der Waals surface area contributed by atoms with Crippen molar-refractivity contribution in [1.29, 1.82) is 0 Å². The van der Waals surface area contributed by atoms with Crippen LogP contribution in [0.1, 0.15) is 42.6 Å². The van der Waals surface area contributed by atoms with E-state index in [0.29, 0.717) is 11.8 Å². The Hall–Kier alpha value is -0.230. The maximum absolute atomic E-state index is 11.3. The lowest BCUT2D eigenvalue weighted by atomic mass is 9.96. The van der Waals surface area contributed by atoms with Crippen molar-refractivity contribution in [1.82, 2.24) is 0 Å². The second-order valence-electron chi connectivity index (χ2n) is 5.44. The van der Waals surface area contributed by atoms with Gasteiger partial charge in [-0.2, -0.15) is 0 Å². The Labute approximate surface area is 149 Å². The number of hydrogen-bond acceptors (Lipinski definition) is 4. The van der Waals surface area contributed by atoms with E-state index in [2.05, 4.69) is 28.1 Å². The van der Waals surface area contributed by atoms with Crippen molar-refractivity contribution in [3.8, 4) is 0 Å². The van der Waals surface area contributed by atoms with Gasteiger partial charge in [0.15, 0.2) is 0 Å². The monoisotopic (exact) mass is 406 g/mol. The minimum atomic E-state index is -0.237. The summed E-state index contributed by atoms with van der Waals surface area (Å²) in [5, 5.41) is 1.49. The zero-order valence-corrected chi connectivity index (χ0v) is 16.1. The molecule has 0 aromatic heterocycles. The molecule has 0 radical (unpaired) electrons. The summed E-state index contributed by atoms with van der Waals surface area (Å²) in [7, 11) is 0. The lowest BCUT2D eigenvalue weighted by molar-refractivity contribution is -0.155. The zero-order valence-electron chi connectivity index (χ0n) is 12.9. The fraction of sp³-hybridized carbons (Fsp3) is 0.562. The molecule has 1 aromatic rings. The lowest BCUT2D eigenvalue weighted by Gasteiger charge is -2.34. The number of benzene rings is 1. The molecular formula is C16H20BrClO3S. The van der Waals surface area contributed by atoms with Crippen molar-refractivity contribution in [2.75, 3.05) is 6.26 Å². The van der Waals surface area contributed by atoms with Crippen molar-refractivity contribution in [3.63, 3.8) is 0 Å². The van der Waals surface area contributed by atoms with Crippen molar-refractivity contribution in [2.45, 2.75) is 49.7 Å². The van der Waals surface area contributed by atoms with E-state index in [9.17, 15) is 4.79 Å². The first-order valence-corrected chi connectivity index (χ1v) is 9.93. The molecule has 22 heavy (non-hydrogen) atoms. The highest BCUT2D eigenvalue weighted by atomic mass is 79.9. The molecule has 1 heterocycles. The number of esters is 1. The third-order valence-electron chi connectivity index (χ3n) is 3.71. The SMILES string of the molecule is CSC1CC(OC(C)=O)CC(c2cc(C)c(Cl)c(CBr)c2)O1. The van der Waals surface area contributed by atoms with Crippen LogP contribution in [0.25, 0.3) is 0 Å². The molecule has 0 spiro atoms. The van der Waals surface area contributed by atoms with Gasteiger partial charge in [-0.05, 0) is 29.9 Å². The van der Waals surface area contributed by atoms with E-state index in [4.69, 9.17) is 21.1 Å². The van der Waals surface area contributed by atoms with Crippen LogP contribution >= 0.6 is 39.3 Å². The molecule has 1 saturated heterocycles. The van der Waals surface area contributed by atoms with Gasteiger partial charge in [0.25, 0.3) is 0 Å². The molecule has 122 valence electrons. The van der Waals surface area contributed by atoms with Gasteiger partial charge in [-0.3, -0.25) is 4.79 Å². The maximum Gasteiger partial charge on any atom is 0.302 e. The van der Waals surface area contributed by atoms with E-state index in [1.165, 1.54) is 6.92 Å². The molecule has 0 aliphatic carbocycles. The second-order valence-corrected chi connectivity index (χ2v) is 7.37. The number of thioether (sulfide) groups is 1. The van der Waals surface area contributed by atoms with E-state index in [0.717, 1.165) is 28.1 Å². The molecule has 0 N–H and O–H groups in total. The van der Waals surface area contributed by atoms with Gasteiger partial charge in [0, 0.05) is 30.1 Å². The normalized spacial score (nSPS) is 25.0. The Kier molecular flexibility index (Phi) is 6.62. The van der Waals surface area contributed by atoms with Gasteiger partial charge in [0.1, 0.15) is 11.5 Å². The lowest BCUT2D eigenvalue weighted by Crippen LogP contribution is -2.32. The molecule has 1 aliphatic rings. The first-order chi connectivity index (χ1) is 10.4. The largest absolute Gasteiger partial charge is 0.462 e. The number of rotatable bonds is 4. The fourth-order valence-corrected chi connectivity index (χ4v) is 4.13. The molecule has 6 heteroatoms. The Morgan fingerprint density at radius 1 is 1.50 bits per heavy atom. The molecule has 3 unspecified atom stereocenters. The van der Waals surface area contributed by atoms with Gasteiger partial charge < -0.3 is 9.47 Å². The Morgan fingerprint density at radius 3 is 2.82 bits per heavy atom. The van der Waals surface area contributed by atoms with Gasteiger partial charge in [0.05, 0.1) is 6.10 Å². The van der Waals surface area contributed by atoms with Crippen LogP contribution in [0.4, 0.5) is 0 Å². The molecule has 3 atom stereocenters.